The Balaban J connectivity index is 1.15. The summed E-state index contributed by atoms with van der Waals surface area (Å²) in [6, 6.07) is 28.8. The highest BCUT2D eigenvalue weighted by Crippen LogP contribution is 2.32. The van der Waals surface area contributed by atoms with Crippen molar-refractivity contribution in [3.05, 3.63) is 101 Å². The standard InChI is InChI=1S/C34H35BrN4O2S/c1-24-31-22-33(27-8-14-30(15-9-27)42(3,40)41)37(2)34(31)23-32(36-24)26-6-12-29(13-7-26)39-20-18-38(19-21-39)17-16-25-4-10-28(35)11-5-25/h4-15,22-23H,16-21H2,1-3H3. The fourth-order valence-corrected chi connectivity index (χ4v) is 6.69. The lowest BCUT2D eigenvalue weighted by molar-refractivity contribution is 0.261. The third-order valence-electron chi connectivity index (χ3n) is 8.34. The van der Waals surface area contributed by atoms with Crippen molar-refractivity contribution in [2.24, 2.45) is 7.05 Å². The first kappa shape index (κ1) is 28.6. The number of nitrogens with zero attached hydrogens (tertiary/aromatic N) is 4. The van der Waals surface area contributed by atoms with Crippen molar-refractivity contribution in [1.82, 2.24) is 14.5 Å². The molecule has 1 fully saturated rings. The molecule has 42 heavy (non-hydrogen) atoms. The van der Waals surface area contributed by atoms with Gasteiger partial charge in [0.1, 0.15) is 0 Å². The van der Waals surface area contributed by atoms with E-state index in [1.54, 1.807) is 12.1 Å². The molecular formula is C34H35BrN4O2S. The van der Waals surface area contributed by atoms with Crippen LogP contribution >= 0.6 is 15.9 Å². The quantitative estimate of drug-likeness (QED) is 0.197. The first-order valence-corrected chi connectivity index (χ1v) is 16.9. The minimum Gasteiger partial charge on any atom is -0.369 e. The molecule has 0 N–H and O–H groups in total. The van der Waals surface area contributed by atoms with Gasteiger partial charge in [0.05, 0.1) is 16.1 Å². The van der Waals surface area contributed by atoms with E-state index in [2.05, 4.69) is 91.0 Å². The van der Waals surface area contributed by atoms with Crippen LogP contribution in [0.1, 0.15) is 11.3 Å². The number of anilines is 1. The minimum atomic E-state index is -3.23. The van der Waals surface area contributed by atoms with Crippen LogP contribution in [0.25, 0.3) is 33.4 Å². The molecule has 6 rings (SSSR count). The highest BCUT2D eigenvalue weighted by Gasteiger charge is 2.18. The average molecular weight is 644 g/mol. The molecule has 0 saturated carbocycles. The van der Waals surface area contributed by atoms with Crippen LogP contribution in [0.4, 0.5) is 5.69 Å². The van der Waals surface area contributed by atoms with Gasteiger partial charge >= 0.3 is 0 Å². The maximum atomic E-state index is 11.9. The van der Waals surface area contributed by atoms with Crippen LogP contribution in [-0.2, 0) is 23.3 Å². The third kappa shape index (κ3) is 6.02. The van der Waals surface area contributed by atoms with Gasteiger partial charge in [0, 0.05) is 78.5 Å². The molecule has 1 saturated heterocycles. The monoisotopic (exact) mass is 642 g/mol. The lowest BCUT2D eigenvalue weighted by atomic mass is 10.1. The number of sulfone groups is 1. The lowest BCUT2D eigenvalue weighted by Crippen LogP contribution is -2.47. The van der Waals surface area contributed by atoms with Crippen molar-refractivity contribution in [1.29, 1.82) is 0 Å². The SMILES string of the molecule is Cc1nc(-c2ccc(N3CCN(CCc4ccc(Br)cc4)CC3)cc2)cc2c1cc(-c1ccc(S(C)(=O)=O)cc1)n2C. The second-order valence-corrected chi connectivity index (χ2v) is 14.1. The maximum Gasteiger partial charge on any atom is 0.175 e. The topological polar surface area (TPSA) is 58.4 Å². The lowest BCUT2D eigenvalue weighted by Gasteiger charge is -2.36. The zero-order chi connectivity index (χ0) is 29.4. The van der Waals surface area contributed by atoms with E-state index in [0.717, 1.165) is 82.7 Å². The largest absolute Gasteiger partial charge is 0.369 e. The molecule has 6 nitrogen and oxygen atoms in total. The Kier molecular flexibility index (Phi) is 7.96. The van der Waals surface area contributed by atoms with E-state index in [1.807, 2.05) is 26.1 Å². The molecule has 3 aromatic carbocycles. The van der Waals surface area contributed by atoms with E-state index < -0.39 is 9.84 Å². The van der Waals surface area contributed by atoms with E-state index in [-0.39, 0.29) is 0 Å². The van der Waals surface area contributed by atoms with Crippen LogP contribution in [0.2, 0.25) is 0 Å². The summed E-state index contributed by atoms with van der Waals surface area (Å²) in [5.41, 5.74) is 8.75. The van der Waals surface area contributed by atoms with Crippen molar-refractivity contribution >= 4 is 42.4 Å². The fourth-order valence-electron chi connectivity index (χ4n) is 5.79. The number of pyridine rings is 1. The van der Waals surface area contributed by atoms with E-state index in [4.69, 9.17) is 4.98 Å². The molecule has 0 bridgehead atoms. The van der Waals surface area contributed by atoms with Gasteiger partial charge in [-0.15, -0.1) is 0 Å². The summed E-state index contributed by atoms with van der Waals surface area (Å²) in [7, 11) is -1.18. The van der Waals surface area contributed by atoms with Gasteiger partial charge in [0.2, 0.25) is 0 Å². The van der Waals surface area contributed by atoms with Gasteiger partial charge in [-0.25, -0.2) is 8.42 Å². The number of benzene rings is 3. The second-order valence-electron chi connectivity index (χ2n) is 11.2. The van der Waals surface area contributed by atoms with E-state index in [0.29, 0.717) is 4.90 Å². The van der Waals surface area contributed by atoms with E-state index >= 15 is 0 Å². The smallest absolute Gasteiger partial charge is 0.175 e. The molecule has 0 radical (unpaired) electrons. The van der Waals surface area contributed by atoms with Crippen LogP contribution in [0, 0.1) is 6.92 Å². The molecule has 216 valence electrons. The predicted molar refractivity (Wildman–Crippen MR) is 176 cm³/mol. The molecule has 3 heterocycles. The molecule has 0 spiro atoms. The summed E-state index contributed by atoms with van der Waals surface area (Å²) >= 11 is 3.52. The molecule has 0 atom stereocenters. The Labute approximate surface area is 256 Å². The van der Waals surface area contributed by atoms with Gasteiger partial charge in [-0.2, -0.15) is 0 Å². The summed E-state index contributed by atoms with van der Waals surface area (Å²) < 4.78 is 27.1. The first-order valence-electron chi connectivity index (χ1n) is 14.3. The Morgan fingerprint density at radius 3 is 2.12 bits per heavy atom. The number of piperazine rings is 1. The van der Waals surface area contributed by atoms with Gasteiger partial charge in [0.15, 0.2) is 9.84 Å². The van der Waals surface area contributed by atoms with Crippen LogP contribution in [0.15, 0.2) is 94.3 Å². The summed E-state index contributed by atoms with van der Waals surface area (Å²) in [6.07, 6.45) is 2.31. The number of aromatic nitrogens is 2. The van der Waals surface area contributed by atoms with Crippen LogP contribution in [0.5, 0.6) is 0 Å². The molecule has 1 aliphatic rings. The third-order valence-corrected chi connectivity index (χ3v) is 10.00. The second kappa shape index (κ2) is 11.7. The van der Waals surface area contributed by atoms with Crippen LogP contribution in [0.3, 0.4) is 0 Å². The zero-order valence-electron chi connectivity index (χ0n) is 24.2. The fraction of sp³-hybridized carbons (Fsp3) is 0.265. The van der Waals surface area contributed by atoms with Gasteiger partial charge in [-0.1, -0.05) is 52.3 Å². The molecule has 0 amide bonds. The van der Waals surface area contributed by atoms with Crippen LogP contribution < -0.4 is 4.90 Å². The molecule has 0 unspecified atom stereocenters. The molecule has 2 aromatic heterocycles. The van der Waals surface area contributed by atoms with Crippen molar-refractivity contribution in [3.63, 3.8) is 0 Å². The van der Waals surface area contributed by atoms with Crippen molar-refractivity contribution in [3.8, 4) is 22.5 Å². The van der Waals surface area contributed by atoms with Gasteiger partial charge in [-0.05, 0) is 73.0 Å². The molecule has 1 aliphatic heterocycles. The summed E-state index contributed by atoms with van der Waals surface area (Å²) in [5, 5.41) is 1.10. The Hall–Kier alpha value is -3.46. The number of hydrogen-bond donors (Lipinski definition) is 0. The van der Waals surface area contributed by atoms with E-state index in [9.17, 15) is 8.42 Å². The predicted octanol–water partition coefficient (Wildman–Crippen LogP) is 6.75. The molecule has 8 heteroatoms. The Bertz CT molecular complexity index is 1820. The van der Waals surface area contributed by atoms with Crippen molar-refractivity contribution < 1.29 is 8.42 Å². The molecular weight excluding hydrogens is 608 g/mol. The zero-order valence-corrected chi connectivity index (χ0v) is 26.6. The van der Waals surface area contributed by atoms with Gasteiger partial charge < -0.3 is 9.47 Å². The summed E-state index contributed by atoms with van der Waals surface area (Å²) in [4.78, 5) is 10.3. The number of fused-ring (bicyclic) bond motifs is 1. The summed E-state index contributed by atoms with van der Waals surface area (Å²) in [5.74, 6) is 0. The van der Waals surface area contributed by atoms with E-state index in [1.165, 1.54) is 17.5 Å². The number of aryl methyl sites for hydroxylation is 2. The Morgan fingerprint density at radius 2 is 1.48 bits per heavy atom. The van der Waals surface area contributed by atoms with Gasteiger partial charge in [0.25, 0.3) is 0 Å². The van der Waals surface area contributed by atoms with Crippen molar-refractivity contribution in [2.45, 2.75) is 18.2 Å². The minimum absolute atomic E-state index is 0.326. The van der Waals surface area contributed by atoms with Crippen LogP contribution in [-0.4, -0.2) is 61.8 Å². The molecule has 5 aromatic rings. The first-order chi connectivity index (χ1) is 20.2. The normalized spacial score (nSPS) is 14.5. The van der Waals surface area contributed by atoms with Gasteiger partial charge in [-0.3, -0.25) is 9.88 Å². The highest BCUT2D eigenvalue weighted by molar-refractivity contribution is 9.10. The number of hydrogen-bond acceptors (Lipinski definition) is 5. The van der Waals surface area contributed by atoms with Crippen molar-refractivity contribution in [2.75, 3.05) is 43.9 Å². The maximum absolute atomic E-state index is 11.9. The number of halogens is 1. The molecule has 0 aliphatic carbocycles. The number of rotatable bonds is 7. The summed E-state index contributed by atoms with van der Waals surface area (Å²) in [6.45, 7) is 7.34. The highest BCUT2D eigenvalue weighted by atomic mass is 79.9. The Morgan fingerprint density at radius 1 is 0.833 bits per heavy atom. The average Bonchev–Trinajstić information content (AvgIpc) is 3.33.